The lowest BCUT2D eigenvalue weighted by atomic mass is 10.1. The summed E-state index contributed by atoms with van der Waals surface area (Å²) >= 11 is 1.95. The number of halogens is 2. The van der Waals surface area contributed by atoms with Gasteiger partial charge in [0.2, 0.25) is 0 Å². The Bertz CT molecular complexity index is 341. The van der Waals surface area contributed by atoms with Crippen molar-refractivity contribution in [2.75, 3.05) is 0 Å². The topological polar surface area (TPSA) is 23.8 Å². The molecular weight excluding hydrogens is 268 g/mol. The normalized spacial score (nSPS) is 9.50. The van der Waals surface area contributed by atoms with Crippen molar-refractivity contribution in [3.8, 4) is 6.07 Å². The first-order valence-corrected chi connectivity index (χ1v) is 4.55. The number of benzene rings is 1. The average Bonchev–Trinajstić information content (AvgIpc) is 2.07. The molecule has 0 aliphatic carbocycles. The summed E-state index contributed by atoms with van der Waals surface area (Å²) in [6.45, 7) is 1.83. The van der Waals surface area contributed by atoms with Crippen molar-refractivity contribution >= 4 is 22.6 Å². The Kier molecular flexibility index (Phi) is 3.04. The Morgan fingerprint density at radius 1 is 1.58 bits per heavy atom. The summed E-state index contributed by atoms with van der Waals surface area (Å²) in [6, 6.07) is 5.11. The van der Waals surface area contributed by atoms with Gasteiger partial charge in [-0.1, -0.05) is 6.07 Å². The summed E-state index contributed by atoms with van der Waals surface area (Å²) < 4.78 is 13.5. The third-order valence-electron chi connectivity index (χ3n) is 1.72. The van der Waals surface area contributed by atoms with E-state index in [4.69, 9.17) is 5.26 Å². The molecule has 0 atom stereocenters. The lowest BCUT2D eigenvalue weighted by Gasteiger charge is -2.04. The zero-order valence-electron chi connectivity index (χ0n) is 6.56. The summed E-state index contributed by atoms with van der Waals surface area (Å²) in [4.78, 5) is 0. The van der Waals surface area contributed by atoms with Crippen LogP contribution >= 0.6 is 22.6 Å². The van der Waals surface area contributed by atoms with Crippen LogP contribution in [0.1, 0.15) is 11.1 Å². The number of rotatable bonds is 1. The van der Waals surface area contributed by atoms with Gasteiger partial charge in [0.05, 0.1) is 16.1 Å². The standard InChI is InChI=1S/C9H7FIN/c1-6-7(4-5-12)2-3-8(10)9(6)11/h2-3H,4H2,1H3. The van der Waals surface area contributed by atoms with Gasteiger partial charge in [-0.3, -0.25) is 0 Å². The van der Waals surface area contributed by atoms with Crippen LogP contribution in [-0.2, 0) is 6.42 Å². The molecular formula is C9H7FIN. The molecule has 62 valence electrons. The quantitative estimate of drug-likeness (QED) is 0.723. The maximum Gasteiger partial charge on any atom is 0.136 e. The molecule has 0 amide bonds. The SMILES string of the molecule is Cc1c(CC#N)ccc(F)c1I. The first-order chi connectivity index (χ1) is 5.66. The van der Waals surface area contributed by atoms with Crippen molar-refractivity contribution in [2.24, 2.45) is 0 Å². The fourth-order valence-corrected chi connectivity index (χ4v) is 1.49. The summed E-state index contributed by atoms with van der Waals surface area (Å²) in [5.41, 5.74) is 1.78. The maximum absolute atomic E-state index is 12.9. The van der Waals surface area contributed by atoms with Crippen molar-refractivity contribution in [3.63, 3.8) is 0 Å². The van der Waals surface area contributed by atoms with E-state index >= 15 is 0 Å². The van der Waals surface area contributed by atoms with Gasteiger partial charge in [0.15, 0.2) is 0 Å². The Morgan fingerprint density at radius 2 is 2.25 bits per heavy atom. The smallest absolute Gasteiger partial charge is 0.136 e. The van der Waals surface area contributed by atoms with E-state index in [9.17, 15) is 4.39 Å². The van der Waals surface area contributed by atoms with Crippen molar-refractivity contribution in [2.45, 2.75) is 13.3 Å². The highest BCUT2D eigenvalue weighted by Crippen LogP contribution is 2.19. The number of nitriles is 1. The monoisotopic (exact) mass is 275 g/mol. The van der Waals surface area contributed by atoms with Gasteiger partial charge in [0.25, 0.3) is 0 Å². The van der Waals surface area contributed by atoms with E-state index in [2.05, 4.69) is 0 Å². The second-order valence-corrected chi connectivity index (χ2v) is 3.56. The minimum atomic E-state index is -0.213. The van der Waals surface area contributed by atoms with Gasteiger partial charge in [-0.25, -0.2) is 4.39 Å². The maximum atomic E-state index is 12.9. The van der Waals surface area contributed by atoms with Crippen LogP contribution in [-0.4, -0.2) is 0 Å². The molecule has 1 aromatic carbocycles. The molecule has 0 spiro atoms. The highest BCUT2D eigenvalue weighted by atomic mass is 127. The fourth-order valence-electron chi connectivity index (χ4n) is 0.969. The van der Waals surface area contributed by atoms with Gasteiger partial charge in [-0.2, -0.15) is 5.26 Å². The molecule has 0 aliphatic heterocycles. The molecule has 1 nitrogen and oxygen atoms in total. The first-order valence-electron chi connectivity index (χ1n) is 3.47. The molecule has 3 heteroatoms. The van der Waals surface area contributed by atoms with E-state index in [0.717, 1.165) is 11.1 Å². The molecule has 1 rings (SSSR count). The van der Waals surface area contributed by atoms with Gasteiger partial charge in [-0.05, 0) is 46.7 Å². The zero-order valence-corrected chi connectivity index (χ0v) is 8.72. The fraction of sp³-hybridized carbons (Fsp3) is 0.222. The number of nitrogens with zero attached hydrogens (tertiary/aromatic N) is 1. The number of hydrogen-bond acceptors (Lipinski definition) is 1. The third-order valence-corrected chi connectivity index (χ3v) is 3.05. The predicted molar refractivity (Wildman–Crippen MR) is 53.2 cm³/mol. The van der Waals surface area contributed by atoms with E-state index in [0.29, 0.717) is 9.99 Å². The number of hydrogen-bond donors (Lipinski definition) is 0. The lowest BCUT2D eigenvalue weighted by Crippen LogP contribution is -1.93. The van der Waals surface area contributed by atoms with E-state index in [-0.39, 0.29) is 5.82 Å². The lowest BCUT2D eigenvalue weighted by molar-refractivity contribution is 0.618. The molecule has 0 saturated carbocycles. The molecule has 0 heterocycles. The van der Waals surface area contributed by atoms with Crippen LogP contribution in [0.15, 0.2) is 12.1 Å². The predicted octanol–water partition coefficient (Wildman–Crippen LogP) is 2.80. The van der Waals surface area contributed by atoms with Crippen molar-refractivity contribution in [1.82, 2.24) is 0 Å². The van der Waals surface area contributed by atoms with Crippen molar-refractivity contribution in [1.29, 1.82) is 5.26 Å². The molecule has 1 aromatic rings. The molecule has 0 aromatic heterocycles. The van der Waals surface area contributed by atoms with E-state index < -0.39 is 0 Å². The molecule has 0 aliphatic rings. The summed E-state index contributed by atoms with van der Waals surface area (Å²) in [7, 11) is 0. The Hall–Kier alpha value is -0.630. The van der Waals surface area contributed by atoms with Crippen molar-refractivity contribution in [3.05, 3.63) is 32.6 Å². The van der Waals surface area contributed by atoms with Gasteiger partial charge >= 0.3 is 0 Å². The van der Waals surface area contributed by atoms with Crippen LogP contribution in [0, 0.1) is 27.6 Å². The van der Waals surface area contributed by atoms with Gasteiger partial charge in [0, 0.05) is 0 Å². The second kappa shape index (κ2) is 3.85. The molecule has 0 bridgehead atoms. The van der Waals surface area contributed by atoms with Crippen LogP contribution in [0.2, 0.25) is 0 Å². The van der Waals surface area contributed by atoms with Gasteiger partial charge in [0.1, 0.15) is 5.82 Å². The zero-order chi connectivity index (χ0) is 9.14. The van der Waals surface area contributed by atoms with Crippen LogP contribution < -0.4 is 0 Å². The Labute approximate surface area is 84.3 Å². The average molecular weight is 275 g/mol. The van der Waals surface area contributed by atoms with Crippen molar-refractivity contribution < 1.29 is 4.39 Å². The molecule has 0 unspecified atom stereocenters. The van der Waals surface area contributed by atoms with Crippen LogP contribution in [0.4, 0.5) is 4.39 Å². The molecule has 0 N–H and O–H groups in total. The third kappa shape index (κ3) is 1.75. The summed E-state index contributed by atoms with van der Waals surface area (Å²) in [6.07, 6.45) is 0.349. The van der Waals surface area contributed by atoms with Crippen LogP contribution in [0.3, 0.4) is 0 Å². The molecule has 0 fully saturated rings. The molecule has 0 radical (unpaired) electrons. The highest BCUT2D eigenvalue weighted by Gasteiger charge is 2.05. The first kappa shape index (κ1) is 9.46. The van der Waals surface area contributed by atoms with E-state index in [1.807, 2.05) is 35.6 Å². The van der Waals surface area contributed by atoms with Crippen LogP contribution in [0.25, 0.3) is 0 Å². The highest BCUT2D eigenvalue weighted by molar-refractivity contribution is 14.1. The second-order valence-electron chi connectivity index (χ2n) is 2.48. The van der Waals surface area contributed by atoms with E-state index in [1.165, 1.54) is 6.07 Å². The van der Waals surface area contributed by atoms with Gasteiger partial charge in [-0.15, -0.1) is 0 Å². The molecule has 0 saturated heterocycles. The Morgan fingerprint density at radius 3 is 2.83 bits per heavy atom. The van der Waals surface area contributed by atoms with Crippen LogP contribution in [0.5, 0.6) is 0 Å². The summed E-state index contributed by atoms with van der Waals surface area (Å²) in [5.74, 6) is -0.213. The largest absolute Gasteiger partial charge is 0.206 e. The minimum absolute atomic E-state index is 0.213. The van der Waals surface area contributed by atoms with E-state index in [1.54, 1.807) is 6.07 Å². The Balaban J connectivity index is 3.19. The summed E-state index contributed by atoms with van der Waals surface area (Å²) in [5, 5.41) is 8.46. The minimum Gasteiger partial charge on any atom is -0.206 e. The molecule has 12 heavy (non-hydrogen) atoms. The van der Waals surface area contributed by atoms with Gasteiger partial charge < -0.3 is 0 Å².